The molecule has 112 valence electrons. The van der Waals surface area contributed by atoms with Gasteiger partial charge in [-0.15, -0.1) is 0 Å². The van der Waals surface area contributed by atoms with Gasteiger partial charge >= 0.3 is 5.97 Å². The van der Waals surface area contributed by atoms with Crippen LogP contribution in [0.25, 0.3) is 10.9 Å². The first kappa shape index (κ1) is 15.1. The number of benzene rings is 1. The molecule has 2 rings (SSSR count). The number of carbonyl (C=O) groups excluding carboxylic acids is 1. The first-order chi connectivity index (χ1) is 9.81. The van der Waals surface area contributed by atoms with Gasteiger partial charge in [0, 0.05) is 10.9 Å². The highest BCUT2D eigenvalue weighted by Gasteiger charge is 2.24. The number of rotatable bonds is 4. The lowest BCUT2D eigenvalue weighted by molar-refractivity contribution is -0.140. The normalized spacial score (nSPS) is 12.6. The Morgan fingerprint density at radius 1 is 1.24 bits per heavy atom. The highest BCUT2D eigenvalue weighted by molar-refractivity contribution is 6.00. The van der Waals surface area contributed by atoms with Crippen LogP contribution in [-0.4, -0.2) is 28.0 Å². The standard InChI is InChI=1S/C16H20N2O3/c1-8(2)14(16(20)21)18-15(19)13-7-11-10(4)9(3)5-6-12(11)17-13/h5-8,14,17H,1-4H3,(H,18,19)(H,20,21)/t14-/m0/s1. The van der Waals surface area contributed by atoms with Crippen LogP contribution in [0, 0.1) is 19.8 Å². The molecule has 1 aromatic heterocycles. The van der Waals surface area contributed by atoms with Crippen LogP contribution >= 0.6 is 0 Å². The van der Waals surface area contributed by atoms with E-state index in [-0.39, 0.29) is 5.92 Å². The molecular weight excluding hydrogens is 268 g/mol. The second kappa shape index (κ2) is 5.60. The van der Waals surface area contributed by atoms with Gasteiger partial charge in [-0.1, -0.05) is 19.9 Å². The van der Waals surface area contributed by atoms with Crippen molar-refractivity contribution in [1.82, 2.24) is 10.3 Å². The molecule has 0 fully saturated rings. The van der Waals surface area contributed by atoms with Crippen molar-refractivity contribution in [3.8, 4) is 0 Å². The number of aliphatic carboxylic acids is 1. The fraction of sp³-hybridized carbons (Fsp3) is 0.375. The molecule has 0 unspecified atom stereocenters. The maximum atomic E-state index is 12.2. The quantitative estimate of drug-likeness (QED) is 0.808. The fourth-order valence-corrected chi connectivity index (χ4v) is 2.31. The predicted octanol–water partition coefficient (Wildman–Crippen LogP) is 2.62. The summed E-state index contributed by atoms with van der Waals surface area (Å²) in [4.78, 5) is 26.4. The number of hydrogen-bond donors (Lipinski definition) is 3. The Morgan fingerprint density at radius 2 is 1.90 bits per heavy atom. The summed E-state index contributed by atoms with van der Waals surface area (Å²) >= 11 is 0. The average molecular weight is 288 g/mol. The van der Waals surface area contributed by atoms with Gasteiger partial charge in [0.25, 0.3) is 5.91 Å². The van der Waals surface area contributed by atoms with Gasteiger partial charge in [-0.2, -0.15) is 0 Å². The van der Waals surface area contributed by atoms with Gasteiger partial charge in [0.15, 0.2) is 0 Å². The van der Waals surface area contributed by atoms with Crippen molar-refractivity contribution in [1.29, 1.82) is 0 Å². The van der Waals surface area contributed by atoms with Gasteiger partial charge in [0.1, 0.15) is 11.7 Å². The summed E-state index contributed by atoms with van der Waals surface area (Å²) in [6.45, 7) is 7.54. The zero-order valence-electron chi connectivity index (χ0n) is 12.7. The molecule has 2 aromatic rings. The molecule has 5 heteroatoms. The van der Waals surface area contributed by atoms with E-state index in [2.05, 4.69) is 10.3 Å². The molecule has 5 nitrogen and oxygen atoms in total. The number of H-pyrrole nitrogens is 1. The third kappa shape index (κ3) is 2.91. The number of aromatic nitrogens is 1. The van der Waals surface area contributed by atoms with Crippen molar-refractivity contribution < 1.29 is 14.7 Å². The molecule has 0 saturated carbocycles. The van der Waals surface area contributed by atoms with E-state index in [0.717, 1.165) is 22.0 Å². The lowest BCUT2D eigenvalue weighted by Gasteiger charge is -2.17. The van der Waals surface area contributed by atoms with Gasteiger partial charge in [-0.3, -0.25) is 4.79 Å². The number of hydrogen-bond acceptors (Lipinski definition) is 2. The molecular formula is C16H20N2O3. The van der Waals surface area contributed by atoms with Crippen LogP contribution in [-0.2, 0) is 4.79 Å². The van der Waals surface area contributed by atoms with Crippen molar-refractivity contribution >= 4 is 22.8 Å². The Bertz CT molecular complexity index is 701. The van der Waals surface area contributed by atoms with Crippen molar-refractivity contribution in [3.63, 3.8) is 0 Å². The van der Waals surface area contributed by atoms with E-state index in [1.807, 2.05) is 26.0 Å². The molecule has 1 aromatic carbocycles. The Kier molecular flexibility index (Phi) is 4.02. The third-order valence-corrected chi connectivity index (χ3v) is 3.81. The highest BCUT2D eigenvalue weighted by Crippen LogP contribution is 2.22. The summed E-state index contributed by atoms with van der Waals surface area (Å²) in [5, 5.41) is 12.7. The molecule has 21 heavy (non-hydrogen) atoms. The van der Waals surface area contributed by atoms with Crippen LogP contribution in [0.5, 0.6) is 0 Å². The van der Waals surface area contributed by atoms with E-state index in [1.54, 1.807) is 19.9 Å². The highest BCUT2D eigenvalue weighted by atomic mass is 16.4. The molecule has 0 aliphatic rings. The Labute approximate surface area is 123 Å². The SMILES string of the molecule is Cc1ccc2[nH]c(C(=O)N[C@H](C(=O)O)C(C)C)cc2c1C. The Morgan fingerprint density at radius 3 is 2.48 bits per heavy atom. The number of carbonyl (C=O) groups is 2. The van der Waals surface area contributed by atoms with E-state index >= 15 is 0 Å². The van der Waals surface area contributed by atoms with E-state index in [1.165, 1.54) is 0 Å². The second-order valence-corrected chi connectivity index (χ2v) is 5.69. The van der Waals surface area contributed by atoms with E-state index in [9.17, 15) is 9.59 Å². The lowest BCUT2D eigenvalue weighted by Crippen LogP contribution is -2.44. The predicted molar refractivity (Wildman–Crippen MR) is 81.5 cm³/mol. The molecule has 0 aliphatic carbocycles. The third-order valence-electron chi connectivity index (χ3n) is 3.81. The van der Waals surface area contributed by atoms with Gasteiger partial charge < -0.3 is 15.4 Å². The summed E-state index contributed by atoms with van der Waals surface area (Å²) in [5.41, 5.74) is 3.52. The smallest absolute Gasteiger partial charge is 0.326 e. The average Bonchev–Trinajstić information content (AvgIpc) is 2.84. The summed E-state index contributed by atoms with van der Waals surface area (Å²) in [6, 6.07) is 4.79. The lowest BCUT2D eigenvalue weighted by atomic mass is 10.0. The van der Waals surface area contributed by atoms with Crippen molar-refractivity contribution in [2.45, 2.75) is 33.7 Å². The molecule has 0 aliphatic heterocycles. The summed E-state index contributed by atoms with van der Waals surface area (Å²) in [7, 11) is 0. The minimum absolute atomic E-state index is 0.181. The topological polar surface area (TPSA) is 82.2 Å². The minimum Gasteiger partial charge on any atom is -0.480 e. The maximum Gasteiger partial charge on any atom is 0.326 e. The summed E-state index contributed by atoms with van der Waals surface area (Å²) < 4.78 is 0. The number of amides is 1. The number of carboxylic acid groups (broad SMARTS) is 1. The van der Waals surface area contributed by atoms with Crippen molar-refractivity contribution in [2.24, 2.45) is 5.92 Å². The summed E-state index contributed by atoms with van der Waals surface area (Å²) in [5.74, 6) is -1.61. The molecule has 0 bridgehead atoms. The van der Waals surface area contributed by atoms with Gasteiger partial charge in [-0.25, -0.2) is 4.79 Å². The number of nitrogens with one attached hydrogen (secondary N) is 2. The minimum atomic E-state index is -1.03. The zero-order valence-corrected chi connectivity index (χ0v) is 12.7. The molecule has 3 N–H and O–H groups in total. The van der Waals surface area contributed by atoms with Crippen LogP contribution < -0.4 is 5.32 Å². The van der Waals surface area contributed by atoms with E-state index < -0.39 is 17.9 Å². The molecule has 0 radical (unpaired) electrons. The Hall–Kier alpha value is -2.30. The summed E-state index contributed by atoms with van der Waals surface area (Å²) in [6.07, 6.45) is 0. The number of fused-ring (bicyclic) bond motifs is 1. The second-order valence-electron chi connectivity index (χ2n) is 5.69. The molecule has 1 atom stereocenters. The van der Waals surface area contributed by atoms with Gasteiger partial charge in [0.2, 0.25) is 0 Å². The molecule has 0 spiro atoms. The fourth-order valence-electron chi connectivity index (χ4n) is 2.31. The largest absolute Gasteiger partial charge is 0.480 e. The van der Waals surface area contributed by atoms with Crippen LogP contribution in [0.2, 0.25) is 0 Å². The Balaban J connectivity index is 2.32. The van der Waals surface area contributed by atoms with E-state index in [0.29, 0.717) is 5.69 Å². The molecule has 0 saturated heterocycles. The van der Waals surface area contributed by atoms with Crippen LogP contribution in [0.1, 0.15) is 35.5 Å². The zero-order chi connectivity index (χ0) is 15.7. The van der Waals surface area contributed by atoms with Crippen LogP contribution in [0.15, 0.2) is 18.2 Å². The van der Waals surface area contributed by atoms with E-state index in [4.69, 9.17) is 5.11 Å². The molecule has 1 amide bonds. The van der Waals surface area contributed by atoms with Crippen LogP contribution in [0.3, 0.4) is 0 Å². The first-order valence-electron chi connectivity index (χ1n) is 6.94. The van der Waals surface area contributed by atoms with Gasteiger partial charge in [-0.05, 0) is 43.0 Å². The van der Waals surface area contributed by atoms with Crippen LogP contribution in [0.4, 0.5) is 0 Å². The maximum absolute atomic E-state index is 12.2. The van der Waals surface area contributed by atoms with Crippen molar-refractivity contribution in [3.05, 3.63) is 35.0 Å². The van der Waals surface area contributed by atoms with Gasteiger partial charge in [0.05, 0.1) is 0 Å². The molecule has 1 heterocycles. The number of aryl methyl sites for hydroxylation is 2. The first-order valence-corrected chi connectivity index (χ1v) is 6.94. The van der Waals surface area contributed by atoms with Crippen molar-refractivity contribution in [2.75, 3.05) is 0 Å². The number of aromatic amines is 1. The number of carboxylic acids is 1. The monoisotopic (exact) mass is 288 g/mol.